The number of anilines is 1. The summed E-state index contributed by atoms with van der Waals surface area (Å²) < 4.78 is 0. The first-order valence-corrected chi connectivity index (χ1v) is 6.11. The van der Waals surface area contributed by atoms with E-state index in [2.05, 4.69) is 5.32 Å². The molecule has 1 atom stereocenters. The molecule has 17 heavy (non-hydrogen) atoms. The van der Waals surface area contributed by atoms with Crippen molar-refractivity contribution in [1.82, 2.24) is 0 Å². The molecule has 0 unspecified atom stereocenters. The topological polar surface area (TPSA) is 55.1 Å². The van der Waals surface area contributed by atoms with Crippen LogP contribution in [0.4, 0.5) is 5.69 Å². The van der Waals surface area contributed by atoms with Crippen LogP contribution in [-0.4, -0.2) is 11.9 Å². The van der Waals surface area contributed by atoms with Crippen LogP contribution in [-0.2, 0) is 4.79 Å². The molecule has 1 aromatic rings. The molecule has 0 aliphatic carbocycles. The molecule has 3 N–H and O–H groups in total. The molecule has 0 saturated carbocycles. The fourth-order valence-corrected chi connectivity index (χ4v) is 1.75. The molecule has 0 saturated heterocycles. The molecule has 0 aromatic heterocycles. The van der Waals surface area contributed by atoms with Gasteiger partial charge in [-0.3, -0.25) is 4.79 Å². The number of nitrogens with two attached hydrogens (primary N) is 1. The monoisotopic (exact) mass is 274 g/mol. The van der Waals surface area contributed by atoms with Crippen molar-refractivity contribution >= 4 is 34.8 Å². The third-order valence-corrected chi connectivity index (χ3v) is 3.36. The van der Waals surface area contributed by atoms with Gasteiger partial charge in [-0.1, -0.05) is 43.1 Å². The maximum absolute atomic E-state index is 11.8. The lowest BCUT2D eigenvalue weighted by Gasteiger charge is -2.17. The molecule has 3 nitrogen and oxygen atoms in total. The average Bonchev–Trinajstić information content (AvgIpc) is 2.28. The van der Waals surface area contributed by atoms with Gasteiger partial charge in [0.15, 0.2) is 0 Å². The molecule has 1 aromatic carbocycles. The summed E-state index contributed by atoms with van der Waals surface area (Å²) in [5.74, 6) is -0.230. The van der Waals surface area contributed by atoms with Crippen LogP contribution in [0.25, 0.3) is 0 Å². The van der Waals surface area contributed by atoms with E-state index in [0.717, 1.165) is 5.56 Å². The van der Waals surface area contributed by atoms with Gasteiger partial charge >= 0.3 is 0 Å². The zero-order valence-corrected chi connectivity index (χ0v) is 11.6. The highest BCUT2D eigenvalue weighted by molar-refractivity contribution is 6.40. The number of carbonyl (C=O) groups is 1. The van der Waals surface area contributed by atoms with Gasteiger partial charge in [0.05, 0.1) is 21.8 Å². The second kappa shape index (κ2) is 5.71. The highest BCUT2D eigenvalue weighted by Crippen LogP contribution is 2.32. The molecule has 1 rings (SSSR count). The fourth-order valence-electron chi connectivity index (χ4n) is 1.28. The molecule has 0 radical (unpaired) electrons. The first-order valence-electron chi connectivity index (χ1n) is 5.35. The van der Waals surface area contributed by atoms with Gasteiger partial charge in [0, 0.05) is 0 Å². The number of hydrogen-bond donors (Lipinski definition) is 2. The SMILES string of the molecule is Cc1ccc(Cl)c(NC(=O)[C@@H](N)C(C)C)c1Cl. The minimum atomic E-state index is -0.581. The number of nitrogens with one attached hydrogen (secondary N) is 1. The van der Waals surface area contributed by atoms with Crippen molar-refractivity contribution in [2.75, 3.05) is 5.32 Å². The Bertz CT molecular complexity index is 433. The lowest BCUT2D eigenvalue weighted by atomic mass is 10.0. The smallest absolute Gasteiger partial charge is 0.241 e. The predicted molar refractivity (Wildman–Crippen MR) is 72.6 cm³/mol. The molecule has 0 aliphatic heterocycles. The van der Waals surface area contributed by atoms with Crippen LogP contribution in [0, 0.1) is 12.8 Å². The Balaban J connectivity index is 2.96. The van der Waals surface area contributed by atoms with Gasteiger partial charge in [-0.15, -0.1) is 0 Å². The Hall–Kier alpha value is -0.770. The summed E-state index contributed by atoms with van der Waals surface area (Å²) in [6.07, 6.45) is 0. The van der Waals surface area contributed by atoms with Crippen LogP contribution in [0.3, 0.4) is 0 Å². The number of carbonyl (C=O) groups excluding carboxylic acids is 1. The van der Waals surface area contributed by atoms with Crippen molar-refractivity contribution in [3.63, 3.8) is 0 Å². The number of hydrogen-bond acceptors (Lipinski definition) is 2. The maximum atomic E-state index is 11.8. The second-order valence-corrected chi connectivity index (χ2v) is 5.10. The Morgan fingerprint density at radius 2 is 1.94 bits per heavy atom. The van der Waals surface area contributed by atoms with E-state index >= 15 is 0 Å². The minimum absolute atomic E-state index is 0.0531. The summed E-state index contributed by atoms with van der Waals surface area (Å²) in [5.41, 5.74) is 7.02. The summed E-state index contributed by atoms with van der Waals surface area (Å²) in [7, 11) is 0. The molecular formula is C12H16Cl2N2O. The molecule has 0 aliphatic rings. The Morgan fingerprint density at radius 1 is 1.35 bits per heavy atom. The number of halogens is 2. The van der Waals surface area contributed by atoms with Crippen LogP contribution < -0.4 is 11.1 Å². The number of benzene rings is 1. The van der Waals surface area contributed by atoms with Crippen LogP contribution in [0.1, 0.15) is 19.4 Å². The average molecular weight is 275 g/mol. The lowest BCUT2D eigenvalue weighted by molar-refractivity contribution is -0.118. The quantitative estimate of drug-likeness (QED) is 0.889. The standard InChI is InChI=1S/C12H16Cl2N2O/c1-6(2)10(15)12(17)16-11-8(13)5-4-7(3)9(11)14/h4-6,10H,15H2,1-3H3,(H,16,17)/t10-/m0/s1. The van der Waals surface area contributed by atoms with E-state index < -0.39 is 6.04 Å². The molecule has 1 amide bonds. The summed E-state index contributed by atoms with van der Waals surface area (Å²) >= 11 is 12.1. The normalized spacial score (nSPS) is 12.6. The highest BCUT2D eigenvalue weighted by atomic mass is 35.5. The van der Waals surface area contributed by atoms with E-state index in [9.17, 15) is 4.79 Å². The Morgan fingerprint density at radius 3 is 2.47 bits per heavy atom. The minimum Gasteiger partial charge on any atom is -0.322 e. The number of aryl methyl sites for hydroxylation is 1. The molecule has 0 spiro atoms. The fraction of sp³-hybridized carbons (Fsp3) is 0.417. The van der Waals surface area contributed by atoms with Gasteiger partial charge in [-0.25, -0.2) is 0 Å². The van der Waals surface area contributed by atoms with E-state index in [1.165, 1.54) is 0 Å². The first-order chi connectivity index (χ1) is 7.84. The molecule has 0 fully saturated rings. The van der Waals surface area contributed by atoms with E-state index in [1.54, 1.807) is 12.1 Å². The van der Waals surface area contributed by atoms with Crippen molar-refractivity contribution in [2.45, 2.75) is 26.8 Å². The summed E-state index contributed by atoms with van der Waals surface area (Å²) in [6, 6.07) is 2.91. The van der Waals surface area contributed by atoms with Crippen LogP contribution >= 0.6 is 23.2 Å². The lowest BCUT2D eigenvalue weighted by Crippen LogP contribution is -2.39. The second-order valence-electron chi connectivity index (χ2n) is 4.31. The van der Waals surface area contributed by atoms with Crippen LogP contribution in [0.2, 0.25) is 10.0 Å². The first kappa shape index (κ1) is 14.3. The molecular weight excluding hydrogens is 259 g/mol. The number of amides is 1. The van der Waals surface area contributed by atoms with Crippen LogP contribution in [0.15, 0.2) is 12.1 Å². The summed E-state index contributed by atoms with van der Waals surface area (Å²) in [5, 5.41) is 3.53. The zero-order valence-electron chi connectivity index (χ0n) is 10.1. The Kier molecular flexibility index (Phi) is 4.80. The van der Waals surface area contributed by atoms with E-state index in [-0.39, 0.29) is 11.8 Å². The maximum Gasteiger partial charge on any atom is 0.241 e. The number of rotatable bonds is 3. The van der Waals surface area contributed by atoms with E-state index in [4.69, 9.17) is 28.9 Å². The molecule has 0 bridgehead atoms. The van der Waals surface area contributed by atoms with Gasteiger partial charge in [-0.05, 0) is 24.5 Å². The van der Waals surface area contributed by atoms with Gasteiger partial charge in [-0.2, -0.15) is 0 Å². The van der Waals surface area contributed by atoms with Crippen molar-refractivity contribution in [3.05, 3.63) is 27.7 Å². The zero-order chi connectivity index (χ0) is 13.2. The molecule has 94 valence electrons. The van der Waals surface area contributed by atoms with E-state index in [0.29, 0.717) is 15.7 Å². The van der Waals surface area contributed by atoms with Crippen molar-refractivity contribution in [1.29, 1.82) is 0 Å². The van der Waals surface area contributed by atoms with Crippen molar-refractivity contribution in [3.8, 4) is 0 Å². The largest absolute Gasteiger partial charge is 0.322 e. The highest BCUT2D eigenvalue weighted by Gasteiger charge is 2.19. The van der Waals surface area contributed by atoms with Gasteiger partial charge in [0.1, 0.15) is 0 Å². The van der Waals surface area contributed by atoms with Crippen LogP contribution in [0.5, 0.6) is 0 Å². The van der Waals surface area contributed by atoms with Crippen molar-refractivity contribution < 1.29 is 4.79 Å². The van der Waals surface area contributed by atoms with Gasteiger partial charge < -0.3 is 11.1 Å². The van der Waals surface area contributed by atoms with Gasteiger partial charge in [0.25, 0.3) is 0 Å². The third-order valence-electron chi connectivity index (χ3n) is 2.55. The molecule has 0 heterocycles. The predicted octanol–water partition coefficient (Wildman–Crippen LogP) is 3.22. The van der Waals surface area contributed by atoms with Gasteiger partial charge in [0.2, 0.25) is 5.91 Å². The third kappa shape index (κ3) is 3.35. The van der Waals surface area contributed by atoms with Crippen molar-refractivity contribution in [2.24, 2.45) is 11.7 Å². The Labute approximate surface area is 111 Å². The summed E-state index contributed by atoms with van der Waals surface area (Å²) in [6.45, 7) is 5.60. The van der Waals surface area contributed by atoms with E-state index in [1.807, 2.05) is 20.8 Å². The summed E-state index contributed by atoms with van der Waals surface area (Å²) in [4.78, 5) is 11.8. The molecule has 5 heteroatoms.